The van der Waals surface area contributed by atoms with E-state index in [0.29, 0.717) is 13.1 Å². The zero-order chi connectivity index (χ0) is 7.49. The van der Waals surface area contributed by atoms with E-state index in [1.807, 2.05) is 27.7 Å². The Hall–Kier alpha value is -0.0800. The summed E-state index contributed by atoms with van der Waals surface area (Å²) in [4.78, 5) is 0. The number of quaternary nitrogens is 1. The SMILES string of the molecule is CC[N+]([O-])(CC)C(C)C. The Bertz CT molecular complexity index is 77.0. The first-order valence-corrected chi connectivity index (χ1v) is 3.64. The van der Waals surface area contributed by atoms with Gasteiger partial charge in [0.25, 0.3) is 0 Å². The van der Waals surface area contributed by atoms with Gasteiger partial charge in [-0.15, -0.1) is 0 Å². The normalized spacial score (nSPS) is 12.7. The van der Waals surface area contributed by atoms with Gasteiger partial charge in [0.15, 0.2) is 0 Å². The summed E-state index contributed by atoms with van der Waals surface area (Å²) in [6, 6.07) is 0.208. The van der Waals surface area contributed by atoms with E-state index in [-0.39, 0.29) is 10.7 Å². The Morgan fingerprint density at radius 2 is 1.56 bits per heavy atom. The van der Waals surface area contributed by atoms with E-state index >= 15 is 0 Å². The summed E-state index contributed by atoms with van der Waals surface area (Å²) < 4.78 is -0.0556. The quantitative estimate of drug-likeness (QED) is 0.422. The minimum absolute atomic E-state index is 0.0556. The molecule has 9 heavy (non-hydrogen) atoms. The Morgan fingerprint density at radius 1 is 1.22 bits per heavy atom. The predicted octanol–water partition coefficient (Wildman–Crippen LogP) is 1.75. The van der Waals surface area contributed by atoms with Crippen LogP contribution in [0.2, 0.25) is 0 Å². The van der Waals surface area contributed by atoms with Crippen molar-refractivity contribution in [1.82, 2.24) is 0 Å². The zero-order valence-corrected chi connectivity index (χ0v) is 6.85. The lowest BCUT2D eigenvalue weighted by Gasteiger charge is -2.44. The third-order valence-corrected chi connectivity index (χ3v) is 2.01. The third kappa shape index (κ3) is 1.95. The van der Waals surface area contributed by atoms with Crippen molar-refractivity contribution in [2.75, 3.05) is 13.1 Å². The smallest absolute Gasteiger partial charge is 0.0830 e. The van der Waals surface area contributed by atoms with Crippen LogP contribution in [0.3, 0.4) is 0 Å². The molecule has 0 saturated carbocycles. The largest absolute Gasteiger partial charge is 0.633 e. The number of hydrogen-bond donors (Lipinski definition) is 0. The first kappa shape index (κ1) is 8.92. The van der Waals surface area contributed by atoms with E-state index in [9.17, 15) is 5.21 Å². The van der Waals surface area contributed by atoms with Gasteiger partial charge >= 0.3 is 0 Å². The molecule has 0 atom stereocenters. The molecule has 0 N–H and O–H groups in total. The van der Waals surface area contributed by atoms with E-state index in [0.717, 1.165) is 0 Å². The van der Waals surface area contributed by atoms with Crippen LogP contribution >= 0.6 is 0 Å². The predicted molar refractivity (Wildman–Crippen MR) is 39.8 cm³/mol. The summed E-state index contributed by atoms with van der Waals surface area (Å²) in [5, 5.41) is 11.5. The molecular weight excluding hydrogens is 114 g/mol. The van der Waals surface area contributed by atoms with Gasteiger partial charge in [-0.25, -0.2) is 0 Å². The second-order valence-electron chi connectivity index (χ2n) is 2.68. The van der Waals surface area contributed by atoms with E-state index in [1.54, 1.807) is 0 Å². The van der Waals surface area contributed by atoms with Gasteiger partial charge in [-0.05, 0) is 27.7 Å². The molecule has 0 spiro atoms. The summed E-state index contributed by atoms with van der Waals surface area (Å²) in [7, 11) is 0. The topological polar surface area (TPSA) is 23.1 Å². The average molecular weight is 131 g/mol. The van der Waals surface area contributed by atoms with Crippen LogP contribution in [-0.4, -0.2) is 23.8 Å². The van der Waals surface area contributed by atoms with Crippen LogP contribution in [0.4, 0.5) is 0 Å². The maximum atomic E-state index is 11.5. The van der Waals surface area contributed by atoms with Gasteiger partial charge in [0.05, 0.1) is 19.1 Å². The number of nitrogens with zero attached hydrogens (tertiary/aromatic N) is 1. The molecule has 0 aliphatic rings. The Labute approximate surface area is 57.6 Å². The maximum absolute atomic E-state index is 11.5. The molecule has 0 aromatic carbocycles. The molecule has 2 nitrogen and oxygen atoms in total. The van der Waals surface area contributed by atoms with Crippen molar-refractivity contribution in [2.24, 2.45) is 0 Å². The highest BCUT2D eigenvalue weighted by Gasteiger charge is 2.14. The second-order valence-corrected chi connectivity index (χ2v) is 2.68. The number of hydrogen-bond acceptors (Lipinski definition) is 1. The van der Waals surface area contributed by atoms with Crippen LogP contribution in [0.15, 0.2) is 0 Å². The molecule has 0 aromatic rings. The van der Waals surface area contributed by atoms with Gasteiger partial charge in [-0.1, -0.05) is 0 Å². The molecule has 0 amide bonds. The highest BCUT2D eigenvalue weighted by Crippen LogP contribution is 2.08. The number of rotatable bonds is 3. The lowest BCUT2D eigenvalue weighted by molar-refractivity contribution is -0.898. The molecule has 0 aromatic heterocycles. The Kier molecular flexibility index (Phi) is 3.15. The van der Waals surface area contributed by atoms with Crippen LogP contribution in [-0.2, 0) is 0 Å². The summed E-state index contributed by atoms with van der Waals surface area (Å²) >= 11 is 0. The van der Waals surface area contributed by atoms with Crippen LogP contribution in [0.1, 0.15) is 27.7 Å². The van der Waals surface area contributed by atoms with Crippen LogP contribution < -0.4 is 0 Å². The van der Waals surface area contributed by atoms with Crippen molar-refractivity contribution in [1.29, 1.82) is 0 Å². The highest BCUT2D eigenvalue weighted by atomic mass is 16.5. The molecule has 0 heterocycles. The van der Waals surface area contributed by atoms with E-state index < -0.39 is 0 Å². The van der Waals surface area contributed by atoms with Gasteiger partial charge in [0.2, 0.25) is 0 Å². The lowest BCUT2D eigenvalue weighted by atomic mass is 10.3. The fourth-order valence-corrected chi connectivity index (χ4v) is 0.954. The van der Waals surface area contributed by atoms with Crippen LogP contribution in [0, 0.1) is 5.21 Å². The Morgan fingerprint density at radius 3 is 1.56 bits per heavy atom. The van der Waals surface area contributed by atoms with Gasteiger partial charge in [-0.3, -0.25) is 0 Å². The molecule has 0 aliphatic carbocycles. The third-order valence-electron chi connectivity index (χ3n) is 2.01. The summed E-state index contributed by atoms with van der Waals surface area (Å²) in [5.41, 5.74) is 0. The lowest BCUT2D eigenvalue weighted by Crippen LogP contribution is -2.47. The standard InChI is InChI=1S/C7H17NO/c1-5-8(9,6-2)7(3)4/h7H,5-6H2,1-4H3. The molecule has 0 radical (unpaired) electrons. The van der Waals surface area contributed by atoms with Crippen molar-refractivity contribution >= 4 is 0 Å². The summed E-state index contributed by atoms with van der Waals surface area (Å²) in [6.45, 7) is 9.20. The summed E-state index contributed by atoms with van der Waals surface area (Å²) in [5.74, 6) is 0. The first-order valence-electron chi connectivity index (χ1n) is 3.64. The Balaban J connectivity index is 3.92. The fraction of sp³-hybridized carbons (Fsp3) is 1.00. The zero-order valence-electron chi connectivity index (χ0n) is 6.85. The molecule has 0 rings (SSSR count). The van der Waals surface area contributed by atoms with Crippen molar-refractivity contribution in [3.8, 4) is 0 Å². The minimum atomic E-state index is -0.0556. The van der Waals surface area contributed by atoms with Crippen molar-refractivity contribution in [3.05, 3.63) is 5.21 Å². The summed E-state index contributed by atoms with van der Waals surface area (Å²) in [6.07, 6.45) is 0. The van der Waals surface area contributed by atoms with Crippen LogP contribution in [0.5, 0.6) is 0 Å². The fourth-order valence-electron chi connectivity index (χ4n) is 0.954. The first-order chi connectivity index (χ1) is 4.06. The average Bonchev–Trinajstić information content (AvgIpc) is 1.86. The van der Waals surface area contributed by atoms with Gasteiger partial charge in [0.1, 0.15) is 0 Å². The monoisotopic (exact) mass is 131 g/mol. The van der Waals surface area contributed by atoms with E-state index in [4.69, 9.17) is 0 Å². The van der Waals surface area contributed by atoms with Crippen molar-refractivity contribution in [2.45, 2.75) is 33.7 Å². The molecule has 0 bridgehead atoms. The van der Waals surface area contributed by atoms with E-state index in [1.165, 1.54) is 0 Å². The molecule has 0 aliphatic heterocycles. The van der Waals surface area contributed by atoms with Crippen molar-refractivity contribution < 1.29 is 4.65 Å². The maximum Gasteiger partial charge on any atom is 0.0830 e. The second kappa shape index (κ2) is 3.18. The highest BCUT2D eigenvalue weighted by molar-refractivity contribution is 4.44. The van der Waals surface area contributed by atoms with Crippen LogP contribution in [0.25, 0.3) is 0 Å². The van der Waals surface area contributed by atoms with E-state index in [2.05, 4.69) is 0 Å². The molecular formula is C7H17NO. The van der Waals surface area contributed by atoms with Crippen molar-refractivity contribution in [3.63, 3.8) is 0 Å². The van der Waals surface area contributed by atoms with Gasteiger partial charge in [-0.2, -0.15) is 0 Å². The minimum Gasteiger partial charge on any atom is -0.633 e. The molecule has 0 fully saturated rings. The van der Waals surface area contributed by atoms with Gasteiger partial charge in [0, 0.05) is 0 Å². The number of hydroxylamine groups is 3. The molecule has 0 saturated heterocycles. The molecule has 0 unspecified atom stereocenters. The molecule has 56 valence electrons. The van der Waals surface area contributed by atoms with Gasteiger partial charge < -0.3 is 9.85 Å². The molecule has 2 heteroatoms.